The summed E-state index contributed by atoms with van der Waals surface area (Å²) in [5, 5.41) is 0. The first kappa shape index (κ1) is 14.5. The van der Waals surface area contributed by atoms with E-state index < -0.39 is 0 Å². The van der Waals surface area contributed by atoms with Crippen molar-refractivity contribution in [2.24, 2.45) is 5.73 Å². The smallest absolute Gasteiger partial charge is 0.222 e. The lowest BCUT2D eigenvalue weighted by Crippen LogP contribution is -2.18. The minimum atomic E-state index is 0.0912. The van der Waals surface area contributed by atoms with Crippen LogP contribution in [-0.2, 0) is 12.8 Å². The number of nitrogens with zero attached hydrogens (tertiary/aromatic N) is 1. The molecule has 1 unspecified atom stereocenters. The van der Waals surface area contributed by atoms with E-state index in [2.05, 4.69) is 24.0 Å². The average molecular weight is 270 g/mol. The molecule has 0 bridgehead atoms. The summed E-state index contributed by atoms with van der Waals surface area (Å²) < 4.78 is 5.88. The number of aromatic nitrogens is 1. The number of pyridine rings is 1. The average Bonchev–Trinajstić information content (AvgIpc) is 2.43. The second-order valence-corrected chi connectivity index (χ2v) is 5.15. The van der Waals surface area contributed by atoms with Crippen LogP contribution in [0.15, 0.2) is 42.6 Å². The molecule has 2 aromatic rings. The van der Waals surface area contributed by atoms with Crippen molar-refractivity contribution in [3.05, 3.63) is 53.7 Å². The normalized spacial score (nSPS) is 12.2. The Labute approximate surface area is 120 Å². The van der Waals surface area contributed by atoms with Crippen LogP contribution in [0.4, 0.5) is 0 Å². The van der Waals surface area contributed by atoms with Crippen LogP contribution < -0.4 is 10.5 Å². The van der Waals surface area contributed by atoms with E-state index in [9.17, 15) is 0 Å². The lowest BCUT2D eigenvalue weighted by Gasteiger charge is -2.11. The lowest BCUT2D eigenvalue weighted by atomic mass is 10.1. The number of rotatable bonds is 6. The van der Waals surface area contributed by atoms with Gasteiger partial charge in [0.1, 0.15) is 5.75 Å². The van der Waals surface area contributed by atoms with Crippen LogP contribution in [0.1, 0.15) is 31.4 Å². The molecule has 0 aliphatic heterocycles. The molecule has 20 heavy (non-hydrogen) atoms. The molecule has 3 heteroatoms. The monoisotopic (exact) mass is 270 g/mol. The first-order valence-electron chi connectivity index (χ1n) is 7.15. The van der Waals surface area contributed by atoms with Crippen molar-refractivity contribution >= 4 is 0 Å². The fraction of sp³-hybridized carbons (Fsp3) is 0.353. The van der Waals surface area contributed by atoms with Crippen molar-refractivity contribution in [2.45, 2.75) is 39.2 Å². The van der Waals surface area contributed by atoms with E-state index in [0.29, 0.717) is 5.88 Å². The summed E-state index contributed by atoms with van der Waals surface area (Å²) >= 11 is 0. The third-order valence-electron chi connectivity index (χ3n) is 3.07. The van der Waals surface area contributed by atoms with Crippen LogP contribution in [0.25, 0.3) is 0 Å². The molecule has 0 aliphatic rings. The quantitative estimate of drug-likeness (QED) is 0.870. The van der Waals surface area contributed by atoms with Crippen molar-refractivity contribution in [3.8, 4) is 11.6 Å². The molecule has 3 nitrogen and oxygen atoms in total. The van der Waals surface area contributed by atoms with Crippen LogP contribution in [0, 0.1) is 0 Å². The molecule has 0 amide bonds. The SMILES string of the molecule is CCCc1ccc(Oc2ncccc2CC(C)N)cc1. The summed E-state index contributed by atoms with van der Waals surface area (Å²) in [7, 11) is 0. The zero-order chi connectivity index (χ0) is 14.4. The molecule has 2 rings (SSSR count). The first-order valence-corrected chi connectivity index (χ1v) is 7.15. The molecule has 1 atom stereocenters. The number of nitrogens with two attached hydrogens (primary N) is 1. The topological polar surface area (TPSA) is 48.1 Å². The van der Waals surface area contributed by atoms with Crippen molar-refractivity contribution < 1.29 is 4.74 Å². The van der Waals surface area contributed by atoms with E-state index in [1.807, 2.05) is 31.2 Å². The Morgan fingerprint density at radius 3 is 2.60 bits per heavy atom. The van der Waals surface area contributed by atoms with E-state index in [4.69, 9.17) is 10.5 Å². The Morgan fingerprint density at radius 2 is 1.95 bits per heavy atom. The zero-order valence-electron chi connectivity index (χ0n) is 12.2. The van der Waals surface area contributed by atoms with E-state index >= 15 is 0 Å². The van der Waals surface area contributed by atoms with Crippen molar-refractivity contribution in [1.29, 1.82) is 0 Å². The van der Waals surface area contributed by atoms with Gasteiger partial charge in [-0.2, -0.15) is 0 Å². The van der Waals surface area contributed by atoms with Gasteiger partial charge in [0.05, 0.1) is 0 Å². The Kier molecular flexibility index (Phi) is 5.13. The molecule has 0 aliphatic carbocycles. The molecule has 0 saturated heterocycles. The Hall–Kier alpha value is -1.87. The number of benzene rings is 1. The van der Waals surface area contributed by atoms with Gasteiger partial charge in [0.2, 0.25) is 5.88 Å². The minimum absolute atomic E-state index is 0.0912. The second-order valence-electron chi connectivity index (χ2n) is 5.15. The van der Waals surface area contributed by atoms with E-state index in [1.54, 1.807) is 6.20 Å². The molecular weight excluding hydrogens is 248 g/mol. The van der Waals surface area contributed by atoms with Gasteiger partial charge in [-0.1, -0.05) is 31.5 Å². The molecule has 0 spiro atoms. The summed E-state index contributed by atoms with van der Waals surface area (Å²) in [5.74, 6) is 1.46. The number of aryl methyl sites for hydroxylation is 1. The van der Waals surface area contributed by atoms with Crippen LogP contribution in [0.2, 0.25) is 0 Å². The highest BCUT2D eigenvalue weighted by Crippen LogP contribution is 2.24. The van der Waals surface area contributed by atoms with Crippen molar-refractivity contribution in [3.63, 3.8) is 0 Å². The Bertz CT molecular complexity index is 535. The maximum atomic E-state index is 5.88. The van der Waals surface area contributed by atoms with Gasteiger partial charge in [-0.3, -0.25) is 0 Å². The van der Waals surface area contributed by atoms with Crippen molar-refractivity contribution in [2.75, 3.05) is 0 Å². The fourth-order valence-electron chi connectivity index (χ4n) is 2.14. The van der Waals surface area contributed by atoms with Crippen LogP contribution in [0.5, 0.6) is 11.6 Å². The molecular formula is C17H22N2O. The highest BCUT2D eigenvalue weighted by Gasteiger charge is 2.08. The first-order chi connectivity index (χ1) is 9.69. The van der Waals surface area contributed by atoms with Gasteiger partial charge in [-0.15, -0.1) is 0 Å². The van der Waals surface area contributed by atoms with Gasteiger partial charge in [0.25, 0.3) is 0 Å². The number of hydrogen-bond acceptors (Lipinski definition) is 3. The predicted molar refractivity (Wildman–Crippen MR) is 82.1 cm³/mol. The second kappa shape index (κ2) is 7.06. The van der Waals surface area contributed by atoms with E-state index in [-0.39, 0.29) is 6.04 Å². The maximum absolute atomic E-state index is 5.88. The summed E-state index contributed by atoms with van der Waals surface area (Å²) in [4.78, 5) is 4.31. The highest BCUT2D eigenvalue weighted by atomic mass is 16.5. The Morgan fingerprint density at radius 1 is 1.20 bits per heavy atom. The molecule has 0 saturated carbocycles. The van der Waals surface area contributed by atoms with Gasteiger partial charge < -0.3 is 10.5 Å². The fourth-order valence-corrected chi connectivity index (χ4v) is 2.14. The minimum Gasteiger partial charge on any atom is -0.439 e. The standard InChI is InChI=1S/C17H22N2O/c1-3-5-14-7-9-16(10-8-14)20-17-15(12-13(2)18)6-4-11-19-17/h4,6-11,13H,3,5,12,18H2,1-2H3. The van der Waals surface area contributed by atoms with Gasteiger partial charge in [-0.25, -0.2) is 4.98 Å². The largest absolute Gasteiger partial charge is 0.439 e. The number of ether oxygens (including phenoxy) is 1. The summed E-state index contributed by atoms with van der Waals surface area (Å²) in [6, 6.07) is 12.2. The van der Waals surface area contributed by atoms with Crippen LogP contribution in [-0.4, -0.2) is 11.0 Å². The molecule has 2 N–H and O–H groups in total. The van der Waals surface area contributed by atoms with Crippen molar-refractivity contribution in [1.82, 2.24) is 4.98 Å². The van der Waals surface area contributed by atoms with Crippen LogP contribution in [0.3, 0.4) is 0 Å². The summed E-state index contributed by atoms with van der Waals surface area (Å²) in [6.07, 6.45) is 4.75. The zero-order valence-corrected chi connectivity index (χ0v) is 12.2. The molecule has 0 radical (unpaired) electrons. The number of hydrogen-bond donors (Lipinski definition) is 1. The molecule has 1 aromatic carbocycles. The predicted octanol–water partition coefficient (Wildman–Crippen LogP) is 3.72. The van der Waals surface area contributed by atoms with Gasteiger partial charge >= 0.3 is 0 Å². The summed E-state index contributed by atoms with van der Waals surface area (Å²) in [6.45, 7) is 4.16. The third-order valence-corrected chi connectivity index (χ3v) is 3.07. The van der Waals surface area contributed by atoms with Gasteiger partial charge in [0.15, 0.2) is 0 Å². The van der Waals surface area contributed by atoms with Gasteiger partial charge in [0, 0.05) is 17.8 Å². The molecule has 1 aromatic heterocycles. The third kappa shape index (κ3) is 4.07. The van der Waals surface area contributed by atoms with Crippen LogP contribution >= 0.6 is 0 Å². The maximum Gasteiger partial charge on any atom is 0.222 e. The van der Waals surface area contributed by atoms with E-state index in [1.165, 1.54) is 5.56 Å². The molecule has 0 fully saturated rings. The Balaban J connectivity index is 2.13. The highest BCUT2D eigenvalue weighted by molar-refractivity contribution is 5.34. The van der Waals surface area contributed by atoms with E-state index in [0.717, 1.165) is 30.6 Å². The lowest BCUT2D eigenvalue weighted by molar-refractivity contribution is 0.453. The molecule has 106 valence electrons. The summed E-state index contributed by atoms with van der Waals surface area (Å²) in [5.41, 5.74) is 8.23. The molecule has 1 heterocycles. The van der Waals surface area contributed by atoms with Gasteiger partial charge in [-0.05, 0) is 43.5 Å².